The Bertz CT molecular complexity index is 951. The molecule has 0 radical (unpaired) electrons. The third-order valence-corrected chi connectivity index (χ3v) is 4.69. The van der Waals surface area contributed by atoms with Crippen LogP contribution in [0.25, 0.3) is 5.70 Å². The summed E-state index contributed by atoms with van der Waals surface area (Å²) in [6, 6.07) is 25.6. The van der Waals surface area contributed by atoms with Crippen molar-refractivity contribution in [1.82, 2.24) is 4.90 Å². The van der Waals surface area contributed by atoms with Gasteiger partial charge in [0.25, 0.3) is 11.7 Å². The van der Waals surface area contributed by atoms with E-state index >= 15 is 0 Å². The van der Waals surface area contributed by atoms with Gasteiger partial charge in [0.05, 0.1) is 6.54 Å². The predicted molar refractivity (Wildman–Crippen MR) is 111 cm³/mol. The van der Waals surface area contributed by atoms with Crippen molar-refractivity contribution in [2.45, 2.75) is 6.54 Å². The maximum Gasteiger partial charge on any atom is 0.299 e. The van der Waals surface area contributed by atoms with Gasteiger partial charge in [0.15, 0.2) is 0 Å². The van der Waals surface area contributed by atoms with Crippen LogP contribution in [0, 0.1) is 0 Å². The molecule has 0 saturated carbocycles. The molecule has 4 heteroatoms. The van der Waals surface area contributed by atoms with Crippen LogP contribution in [0.5, 0.6) is 0 Å². The highest BCUT2D eigenvalue weighted by molar-refractivity contribution is 9.10. The Kier molecular flexibility index (Phi) is 5.99. The number of nitrogens with zero attached hydrogens (tertiary/aromatic N) is 1. The van der Waals surface area contributed by atoms with E-state index in [0.29, 0.717) is 11.3 Å². The van der Waals surface area contributed by atoms with Crippen LogP contribution in [0.4, 0.5) is 0 Å². The van der Waals surface area contributed by atoms with Crippen molar-refractivity contribution < 1.29 is 9.59 Å². The van der Waals surface area contributed by atoms with Gasteiger partial charge < -0.3 is 4.90 Å². The summed E-state index contributed by atoms with van der Waals surface area (Å²) in [5.74, 6) is -1.15. The Morgan fingerprint density at radius 3 is 1.93 bits per heavy atom. The lowest BCUT2D eigenvalue weighted by molar-refractivity contribution is -0.123. The number of halogens is 1. The summed E-state index contributed by atoms with van der Waals surface area (Å²) in [4.78, 5) is 27.2. The van der Waals surface area contributed by atoms with Crippen LogP contribution < -0.4 is 0 Å². The number of amides is 1. The molecule has 0 fully saturated rings. The number of Topliss-reactive ketones (excluding diaryl/α,β-unsaturated/α-hetero) is 1. The molecule has 0 unspecified atom stereocenters. The summed E-state index contributed by atoms with van der Waals surface area (Å²) in [6.45, 7) is 4.36. The molecule has 0 heterocycles. The van der Waals surface area contributed by atoms with Gasteiger partial charge in [0.2, 0.25) is 0 Å². The number of rotatable bonds is 6. The summed E-state index contributed by atoms with van der Waals surface area (Å²) in [5, 5.41) is 0. The molecule has 0 atom stereocenters. The van der Waals surface area contributed by atoms with Gasteiger partial charge in [-0.05, 0) is 23.3 Å². The van der Waals surface area contributed by atoms with Crippen LogP contribution in [0.15, 0.2) is 96.0 Å². The van der Waals surface area contributed by atoms with E-state index in [1.807, 2.05) is 60.7 Å². The minimum absolute atomic E-state index is 0.271. The summed E-state index contributed by atoms with van der Waals surface area (Å²) in [7, 11) is 0. The second-order valence-electron chi connectivity index (χ2n) is 6.03. The molecule has 0 aliphatic rings. The molecule has 1 amide bonds. The van der Waals surface area contributed by atoms with Gasteiger partial charge in [-0.15, -0.1) is 0 Å². The third-order valence-electron chi connectivity index (χ3n) is 4.16. The fourth-order valence-corrected chi connectivity index (χ4v) is 2.95. The maximum atomic E-state index is 13.0. The maximum absolute atomic E-state index is 13.0. The molecule has 0 aromatic heterocycles. The minimum atomic E-state index is -0.599. The Balaban J connectivity index is 1.93. The van der Waals surface area contributed by atoms with Crippen molar-refractivity contribution in [3.63, 3.8) is 0 Å². The van der Waals surface area contributed by atoms with Crippen molar-refractivity contribution in [3.8, 4) is 0 Å². The third kappa shape index (κ3) is 4.60. The molecular weight excluding hydrogens is 402 g/mol. The largest absolute Gasteiger partial charge is 0.301 e. The average molecular weight is 420 g/mol. The Morgan fingerprint density at radius 2 is 1.33 bits per heavy atom. The number of carbonyl (C=O) groups is 2. The molecule has 3 nitrogen and oxygen atoms in total. The average Bonchev–Trinajstić information content (AvgIpc) is 2.72. The molecule has 0 N–H and O–H groups in total. The van der Waals surface area contributed by atoms with Crippen LogP contribution in [0.1, 0.15) is 21.5 Å². The van der Waals surface area contributed by atoms with E-state index in [2.05, 4.69) is 22.5 Å². The first-order chi connectivity index (χ1) is 13.1. The number of carbonyl (C=O) groups excluding carboxylic acids is 2. The number of hydrogen-bond donors (Lipinski definition) is 0. The van der Waals surface area contributed by atoms with Crippen LogP contribution in [0.3, 0.4) is 0 Å². The van der Waals surface area contributed by atoms with Gasteiger partial charge in [0, 0.05) is 15.7 Å². The smallest absolute Gasteiger partial charge is 0.299 e. The summed E-state index contributed by atoms with van der Waals surface area (Å²) >= 11 is 3.40. The molecule has 0 bridgehead atoms. The lowest BCUT2D eigenvalue weighted by Crippen LogP contribution is -2.34. The van der Waals surface area contributed by atoms with Gasteiger partial charge in [0.1, 0.15) is 0 Å². The molecule has 27 heavy (non-hydrogen) atoms. The van der Waals surface area contributed by atoms with E-state index < -0.39 is 11.7 Å². The zero-order valence-corrected chi connectivity index (χ0v) is 16.2. The number of hydrogen-bond acceptors (Lipinski definition) is 2. The first kappa shape index (κ1) is 18.8. The van der Waals surface area contributed by atoms with Crippen molar-refractivity contribution in [2.24, 2.45) is 0 Å². The zero-order valence-electron chi connectivity index (χ0n) is 14.6. The van der Waals surface area contributed by atoms with Crippen LogP contribution in [-0.4, -0.2) is 16.6 Å². The number of ketones is 1. The zero-order chi connectivity index (χ0) is 19.2. The molecule has 0 aliphatic carbocycles. The topological polar surface area (TPSA) is 37.4 Å². The quantitative estimate of drug-likeness (QED) is 0.399. The van der Waals surface area contributed by atoms with E-state index in [4.69, 9.17) is 0 Å². The van der Waals surface area contributed by atoms with Crippen LogP contribution >= 0.6 is 15.9 Å². The molecule has 3 aromatic carbocycles. The lowest BCUT2D eigenvalue weighted by Gasteiger charge is -2.24. The highest BCUT2D eigenvalue weighted by Crippen LogP contribution is 2.23. The van der Waals surface area contributed by atoms with E-state index in [9.17, 15) is 9.59 Å². The Labute approximate surface area is 167 Å². The fraction of sp³-hybridized carbons (Fsp3) is 0.0435. The SMILES string of the molecule is C=C(c1ccc(Br)cc1)N(Cc1ccccc1)C(=O)C(=O)c1ccccc1. The highest BCUT2D eigenvalue weighted by Gasteiger charge is 2.26. The summed E-state index contributed by atoms with van der Waals surface area (Å²) < 4.78 is 0.931. The number of benzene rings is 3. The molecule has 3 aromatic rings. The second-order valence-corrected chi connectivity index (χ2v) is 6.94. The van der Waals surface area contributed by atoms with Gasteiger partial charge in [-0.25, -0.2) is 0 Å². The first-order valence-corrected chi connectivity index (χ1v) is 9.25. The summed E-state index contributed by atoms with van der Waals surface area (Å²) in [5.41, 5.74) is 2.55. The molecule has 3 rings (SSSR count). The normalized spacial score (nSPS) is 10.3. The van der Waals surface area contributed by atoms with E-state index in [-0.39, 0.29) is 6.54 Å². The molecule has 0 aliphatic heterocycles. The first-order valence-electron chi connectivity index (χ1n) is 8.46. The van der Waals surface area contributed by atoms with E-state index in [0.717, 1.165) is 15.6 Å². The minimum Gasteiger partial charge on any atom is -0.301 e. The van der Waals surface area contributed by atoms with Crippen LogP contribution in [0.2, 0.25) is 0 Å². The second kappa shape index (κ2) is 8.60. The Morgan fingerprint density at radius 1 is 0.778 bits per heavy atom. The van der Waals surface area contributed by atoms with Gasteiger partial charge in [-0.2, -0.15) is 0 Å². The highest BCUT2D eigenvalue weighted by atomic mass is 79.9. The molecule has 0 spiro atoms. The van der Waals surface area contributed by atoms with Crippen LogP contribution in [-0.2, 0) is 11.3 Å². The van der Waals surface area contributed by atoms with Crippen molar-refractivity contribution in [2.75, 3.05) is 0 Å². The van der Waals surface area contributed by atoms with E-state index in [1.54, 1.807) is 24.3 Å². The Hall–Kier alpha value is -2.98. The molecule has 134 valence electrons. The van der Waals surface area contributed by atoms with Gasteiger partial charge in [-0.1, -0.05) is 95.3 Å². The van der Waals surface area contributed by atoms with Crippen molar-refractivity contribution in [3.05, 3.63) is 113 Å². The molecular formula is C23H18BrNO2. The lowest BCUT2D eigenvalue weighted by atomic mass is 10.1. The van der Waals surface area contributed by atoms with Gasteiger partial charge in [-0.3, -0.25) is 9.59 Å². The van der Waals surface area contributed by atoms with Crippen molar-refractivity contribution in [1.29, 1.82) is 0 Å². The monoisotopic (exact) mass is 419 g/mol. The standard InChI is InChI=1S/C23H18BrNO2/c1-17(19-12-14-21(24)15-13-19)25(16-18-8-4-2-5-9-18)23(27)22(26)20-10-6-3-7-11-20/h2-15H,1,16H2. The van der Waals surface area contributed by atoms with Gasteiger partial charge >= 0.3 is 0 Å². The van der Waals surface area contributed by atoms with E-state index in [1.165, 1.54) is 4.90 Å². The predicted octanol–water partition coefficient (Wildman–Crippen LogP) is 5.33. The molecule has 0 saturated heterocycles. The van der Waals surface area contributed by atoms with Crippen molar-refractivity contribution >= 4 is 33.3 Å². The fourth-order valence-electron chi connectivity index (χ4n) is 2.69. The summed E-state index contributed by atoms with van der Waals surface area (Å²) in [6.07, 6.45) is 0.